The summed E-state index contributed by atoms with van der Waals surface area (Å²) in [6.07, 6.45) is 3.07. The van der Waals surface area contributed by atoms with Crippen LogP contribution in [0.4, 0.5) is 5.69 Å². The number of rotatable bonds is 10. The molecule has 0 atom stereocenters. The molecule has 0 aliphatic carbocycles. The molecule has 0 amide bonds. The lowest BCUT2D eigenvalue weighted by molar-refractivity contribution is 0.238. The van der Waals surface area contributed by atoms with Crippen molar-refractivity contribution in [1.82, 2.24) is 4.90 Å². The van der Waals surface area contributed by atoms with Crippen LogP contribution in [-0.4, -0.2) is 44.7 Å². The summed E-state index contributed by atoms with van der Waals surface area (Å²) in [6.45, 7) is 5.77. The summed E-state index contributed by atoms with van der Waals surface area (Å²) < 4.78 is 36.0. The second-order valence-electron chi connectivity index (χ2n) is 8.68. The fraction of sp³-hybridized carbons (Fsp3) is 0.333. The Morgan fingerprint density at radius 3 is 2.46 bits per heavy atom. The van der Waals surface area contributed by atoms with Gasteiger partial charge in [-0.3, -0.25) is 9.21 Å². The average molecular weight is 560 g/mol. The van der Waals surface area contributed by atoms with Gasteiger partial charge in [-0.1, -0.05) is 35.0 Å². The number of anilines is 1. The number of halogens is 1. The Bertz CT molecular complexity index is 1240. The monoisotopic (exact) mass is 558 g/mol. The maximum Gasteiger partial charge on any atom is 0.264 e. The smallest absolute Gasteiger partial charge is 0.264 e. The molecule has 1 saturated heterocycles. The predicted octanol–water partition coefficient (Wildman–Crippen LogP) is 5.59. The highest BCUT2D eigenvalue weighted by atomic mass is 79.9. The lowest BCUT2D eigenvalue weighted by Gasteiger charge is -2.26. The molecule has 1 aliphatic heterocycles. The fourth-order valence-corrected chi connectivity index (χ4v) is 6.48. The molecule has 0 radical (unpaired) electrons. The largest absolute Gasteiger partial charge is 0.508 e. The first-order valence-corrected chi connectivity index (χ1v) is 14.1. The molecule has 35 heavy (non-hydrogen) atoms. The summed E-state index contributed by atoms with van der Waals surface area (Å²) in [4.78, 5) is 2.66. The van der Waals surface area contributed by atoms with Crippen molar-refractivity contribution in [1.29, 1.82) is 0 Å². The van der Waals surface area contributed by atoms with Crippen molar-refractivity contribution in [3.05, 3.63) is 82.3 Å². The highest BCUT2D eigenvalue weighted by molar-refractivity contribution is 9.10. The minimum absolute atomic E-state index is 0.0884. The van der Waals surface area contributed by atoms with E-state index in [-0.39, 0.29) is 17.2 Å². The van der Waals surface area contributed by atoms with Gasteiger partial charge in [0.2, 0.25) is 0 Å². The van der Waals surface area contributed by atoms with E-state index in [4.69, 9.17) is 4.74 Å². The molecule has 0 saturated carbocycles. The third kappa shape index (κ3) is 6.37. The van der Waals surface area contributed by atoms with Crippen molar-refractivity contribution in [2.24, 2.45) is 0 Å². The Labute approximate surface area is 216 Å². The fourth-order valence-electron chi connectivity index (χ4n) is 4.34. The number of sulfonamides is 1. The van der Waals surface area contributed by atoms with E-state index in [1.165, 1.54) is 17.1 Å². The van der Waals surface area contributed by atoms with E-state index in [1.54, 1.807) is 48.5 Å². The SMILES string of the molecule is CCc1cc(Br)ccc1S(=O)(=O)N(Cc1cccc(O)c1)c1ccc(OCCN2CCCC2)cc1. The number of likely N-dealkylation sites (tertiary alicyclic amines) is 1. The molecule has 1 fully saturated rings. The van der Waals surface area contributed by atoms with Crippen molar-refractivity contribution in [2.45, 2.75) is 37.6 Å². The Morgan fingerprint density at radius 1 is 1.03 bits per heavy atom. The minimum Gasteiger partial charge on any atom is -0.508 e. The van der Waals surface area contributed by atoms with E-state index in [0.717, 1.165) is 29.7 Å². The second-order valence-corrected chi connectivity index (χ2v) is 11.4. The zero-order valence-corrected chi connectivity index (χ0v) is 22.3. The molecule has 0 bridgehead atoms. The highest BCUT2D eigenvalue weighted by Gasteiger charge is 2.28. The predicted molar refractivity (Wildman–Crippen MR) is 143 cm³/mol. The zero-order chi connectivity index (χ0) is 24.8. The summed E-state index contributed by atoms with van der Waals surface area (Å²) >= 11 is 3.44. The molecule has 1 aliphatic rings. The normalized spacial score (nSPS) is 14.2. The van der Waals surface area contributed by atoms with Crippen LogP contribution >= 0.6 is 15.9 Å². The van der Waals surface area contributed by atoms with Gasteiger partial charge in [0, 0.05) is 11.0 Å². The number of benzene rings is 3. The number of hydrogen-bond acceptors (Lipinski definition) is 5. The third-order valence-corrected chi connectivity index (χ3v) is 8.58. The minimum atomic E-state index is -3.88. The van der Waals surface area contributed by atoms with Crippen molar-refractivity contribution in [3.63, 3.8) is 0 Å². The molecule has 0 spiro atoms. The Balaban J connectivity index is 1.61. The molecule has 186 valence electrons. The number of phenolic OH excluding ortho intramolecular Hbond substituents is 1. The summed E-state index contributed by atoms with van der Waals surface area (Å²) in [6, 6.07) is 19.1. The van der Waals surface area contributed by atoms with E-state index >= 15 is 0 Å². The molecular weight excluding hydrogens is 528 g/mol. The summed E-state index contributed by atoms with van der Waals surface area (Å²) in [7, 11) is -3.88. The molecule has 3 aromatic rings. The first kappa shape index (κ1) is 25.5. The van der Waals surface area contributed by atoms with E-state index in [2.05, 4.69) is 20.8 Å². The van der Waals surface area contributed by atoms with Gasteiger partial charge in [-0.05, 0) is 98.1 Å². The molecule has 0 unspecified atom stereocenters. The van der Waals surface area contributed by atoms with Crippen LogP contribution in [0.1, 0.15) is 30.9 Å². The van der Waals surface area contributed by atoms with E-state index in [9.17, 15) is 13.5 Å². The molecule has 1 N–H and O–H groups in total. The number of aryl methyl sites for hydroxylation is 1. The Hall–Kier alpha value is -2.55. The summed E-state index contributed by atoms with van der Waals surface area (Å²) in [5.74, 6) is 0.806. The van der Waals surface area contributed by atoms with E-state index in [0.29, 0.717) is 30.0 Å². The average Bonchev–Trinajstić information content (AvgIpc) is 3.36. The molecule has 4 rings (SSSR count). The van der Waals surface area contributed by atoms with Crippen molar-refractivity contribution < 1.29 is 18.3 Å². The van der Waals surface area contributed by atoms with Gasteiger partial charge in [-0.25, -0.2) is 8.42 Å². The molecule has 6 nitrogen and oxygen atoms in total. The second kappa shape index (κ2) is 11.5. The number of hydrogen-bond donors (Lipinski definition) is 1. The molecule has 3 aromatic carbocycles. The van der Waals surface area contributed by atoms with Crippen LogP contribution in [0.25, 0.3) is 0 Å². The Morgan fingerprint density at radius 2 is 1.77 bits per heavy atom. The zero-order valence-electron chi connectivity index (χ0n) is 19.9. The molecular formula is C27H31BrN2O4S. The first-order valence-electron chi connectivity index (χ1n) is 11.9. The van der Waals surface area contributed by atoms with Crippen LogP contribution in [0.2, 0.25) is 0 Å². The molecule has 1 heterocycles. The molecule has 8 heteroatoms. The standard InChI is InChI=1S/C27H31BrN2O4S/c1-2-22-19-23(28)8-13-27(22)35(32,33)30(20-21-6-5-7-25(31)18-21)24-9-11-26(12-10-24)34-17-16-29-14-3-4-15-29/h5-13,18-19,31H,2-4,14-17,20H2,1H3. The van der Waals surface area contributed by atoms with Gasteiger partial charge in [-0.2, -0.15) is 0 Å². The topological polar surface area (TPSA) is 70.1 Å². The van der Waals surface area contributed by atoms with Crippen LogP contribution in [0.3, 0.4) is 0 Å². The van der Waals surface area contributed by atoms with Gasteiger partial charge in [0.15, 0.2) is 0 Å². The lowest BCUT2D eigenvalue weighted by Crippen LogP contribution is -2.31. The number of nitrogens with zero attached hydrogens (tertiary/aromatic N) is 2. The van der Waals surface area contributed by atoms with Crippen molar-refractivity contribution >= 4 is 31.6 Å². The molecule has 0 aromatic heterocycles. The first-order chi connectivity index (χ1) is 16.9. The van der Waals surface area contributed by atoms with E-state index in [1.807, 2.05) is 25.1 Å². The van der Waals surface area contributed by atoms with Gasteiger partial charge in [-0.15, -0.1) is 0 Å². The summed E-state index contributed by atoms with van der Waals surface area (Å²) in [5, 5.41) is 9.93. The van der Waals surface area contributed by atoms with Crippen LogP contribution in [0, 0.1) is 0 Å². The maximum atomic E-state index is 13.9. The Kier molecular flexibility index (Phi) is 8.36. The third-order valence-electron chi connectivity index (χ3n) is 6.21. The number of ether oxygens (including phenoxy) is 1. The van der Waals surface area contributed by atoms with Crippen molar-refractivity contribution in [3.8, 4) is 11.5 Å². The highest BCUT2D eigenvalue weighted by Crippen LogP contribution is 2.31. The van der Waals surface area contributed by atoms with Gasteiger partial charge < -0.3 is 9.84 Å². The van der Waals surface area contributed by atoms with Crippen molar-refractivity contribution in [2.75, 3.05) is 30.5 Å². The quantitative estimate of drug-likeness (QED) is 0.351. The van der Waals surface area contributed by atoms with Crippen LogP contribution in [0.5, 0.6) is 11.5 Å². The van der Waals surface area contributed by atoms with Crippen LogP contribution in [-0.2, 0) is 23.0 Å². The van der Waals surface area contributed by atoms with E-state index < -0.39 is 10.0 Å². The maximum absolute atomic E-state index is 13.9. The van der Waals surface area contributed by atoms with Gasteiger partial charge in [0.05, 0.1) is 17.1 Å². The van der Waals surface area contributed by atoms with Crippen LogP contribution < -0.4 is 9.04 Å². The van der Waals surface area contributed by atoms with Gasteiger partial charge >= 0.3 is 0 Å². The lowest BCUT2D eigenvalue weighted by atomic mass is 10.2. The number of phenols is 1. The van der Waals surface area contributed by atoms with Gasteiger partial charge in [0.1, 0.15) is 18.1 Å². The summed E-state index contributed by atoms with van der Waals surface area (Å²) in [5.41, 5.74) is 1.96. The number of aromatic hydroxyl groups is 1. The van der Waals surface area contributed by atoms with Gasteiger partial charge in [0.25, 0.3) is 10.0 Å². The van der Waals surface area contributed by atoms with Crippen LogP contribution in [0.15, 0.2) is 76.1 Å².